The molecule has 4 aliphatic rings. The third kappa shape index (κ3) is 2.13. The van der Waals surface area contributed by atoms with Gasteiger partial charge >= 0.3 is 0 Å². The van der Waals surface area contributed by atoms with Crippen molar-refractivity contribution >= 4 is 5.57 Å². The first-order chi connectivity index (χ1) is 9.76. The van der Waals surface area contributed by atoms with Crippen LogP contribution in [-0.4, -0.2) is 6.54 Å². The van der Waals surface area contributed by atoms with E-state index in [2.05, 4.69) is 36.4 Å². The van der Waals surface area contributed by atoms with Gasteiger partial charge in [-0.15, -0.1) is 0 Å². The second-order valence-corrected chi connectivity index (χ2v) is 7.52. The summed E-state index contributed by atoms with van der Waals surface area (Å²) in [5.74, 6) is 3.02. The van der Waals surface area contributed by atoms with Gasteiger partial charge in [0.2, 0.25) is 0 Å². The Morgan fingerprint density at radius 2 is 1.55 bits per heavy atom. The van der Waals surface area contributed by atoms with E-state index in [-0.39, 0.29) is 0 Å². The van der Waals surface area contributed by atoms with Crippen LogP contribution in [0, 0.1) is 23.2 Å². The van der Waals surface area contributed by atoms with E-state index in [0.717, 1.165) is 17.8 Å². The number of benzene rings is 1. The predicted molar refractivity (Wildman–Crippen MR) is 84.1 cm³/mol. The van der Waals surface area contributed by atoms with Crippen LogP contribution in [0.3, 0.4) is 0 Å². The quantitative estimate of drug-likeness (QED) is 0.870. The second-order valence-electron chi connectivity index (χ2n) is 7.52. The van der Waals surface area contributed by atoms with E-state index in [1.807, 2.05) is 0 Å². The van der Waals surface area contributed by atoms with Gasteiger partial charge in [0.1, 0.15) is 0 Å². The average Bonchev–Trinajstić information content (AvgIpc) is 2.44. The average molecular weight is 267 g/mol. The van der Waals surface area contributed by atoms with Gasteiger partial charge in [0, 0.05) is 6.54 Å². The summed E-state index contributed by atoms with van der Waals surface area (Å²) in [4.78, 5) is 0. The maximum atomic E-state index is 6.07. The molecule has 0 unspecified atom stereocenters. The molecule has 106 valence electrons. The van der Waals surface area contributed by atoms with E-state index in [9.17, 15) is 0 Å². The lowest BCUT2D eigenvalue weighted by Gasteiger charge is -2.56. The zero-order chi connectivity index (χ0) is 13.6. The van der Waals surface area contributed by atoms with Crippen LogP contribution in [-0.2, 0) is 0 Å². The van der Waals surface area contributed by atoms with Crippen LogP contribution in [0.4, 0.5) is 0 Å². The molecule has 1 aromatic rings. The third-order valence-electron chi connectivity index (χ3n) is 5.93. The standard InChI is InChI=1S/C19H25N/c20-13-18(17-4-2-1-3-5-17)12-19-9-14-6-15(10-19)8-16(7-14)11-19/h1-5,12,14-16H,6-11,13,20H2/b18-12+. The van der Waals surface area contributed by atoms with Crippen molar-refractivity contribution < 1.29 is 0 Å². The van der Waals surface area contributed by atoms with E-state index in [1.54, 1.807) is 0 Å². The highest BCUT2D eigenvalue weighted by Crippen LogP contribution is 2.61. The summed E-state index contributed by atoms with van der Waals surface area (Å²) in [5.41, 5.74) is 9.24. The van der Waals surface area contributed by atoms with Gasteiger partial charge in [0.05, 0.1) is 0 Å². The van der Waals surface area contributed by atoms with Gasteiger partial charge in [-0.3, -0.25) is 0 Å². The first-order valence-electron chi connectivity index (χ1n) is 8.23. The van der Waals surface area contributed by atoms with Gasteiger partial charge in [0.15, 0.2) is 0 Å². The molecule has 0 atom stereocenters. The zero-order valence-electron chi connectivity index (χ0n) is 12.2. The minimum atomic E-state index is 0.485. The van der Waals surface area contributed by atoms with Crippen molar-refractivity contribution in [1.82, 2.24) is 0 Å². The molecule has 4 saturated carbocycles. The highest BCUT2D eigenvalue weighted by Gasteiger charge is 2.49. The monoisotopic (exact) mass is 267 g/mol. The lowest BCUT2D eigenvalue weighted by molar-refractivity contribution is -0.0235. The van der Waals surface area contributed by atoms with E-state index in [0.29, 0.717) is 12.0 Å². The molecule has 1 nitrogen and oxygen atoms in total. The molecule has 0 saturated heterocycles. The van der Waals surface area contributed by atoms with Gasteiger partial charge in [-0.05, 0) is 72.8 Å². The largest absolute Gasteiger partial charge is 0.326 e. The van der Waals surface area contributed by atoms with Crippen molar-refractivity contribution in [2.45, 2.75) is 38.5 Å². The number of nitrogens with two attached hydrogens (primary N) is 1. The topological polar surface area (TPSA) is 26.0 Å². The summed E-state index contributed by atoms with van der Waals surface area (Å²) in [6.07, 6.45) is 11.4. The highest BCUT2D eigenvalue weighted by molar-refractivity contribution is 5.67. The Morgan fingerprint density at radius 3 is 2.05 bits per heavy atom. The van der Waals surface area contributed by atoms with Crippen LogP contribution in [0.25, 0.3) is 5.57 Å². The van der Waals surface area contributed by atoms with Crippen LogP contribution in [0.15, 0.2) is 36.4 Å². The zero-order valence-corrected chi connectivity index (χ0v) is 12.2. The van der Waals surface area contributed by atoms with E-state index >= 15 is 0 Å². The summed E-state index contributed by atoms with van der Waals surface area (Å²) in [6, 6.07) is 10.7. The highest BCUT2D eigenvalue weighted by atomic mass is 14.6. The molecule has 0 amide bonds. The molecule has 2 N–H and O–H groups in total. The smallest absolute Gasteiger partial charge is 0.0181 e. The first kappa shape index (κ1) is 12.6. The summed E-state index contributed by atoms with van der Waals surface area (Å²) >= 11 is 0. The summed E-state index contributed by atoms with van der Waals surface area (Å²) in [5, 5.41) is 0. The van der Waals surface area contributed by atoms with Crippen molar-refractivity contribution in [3.05, 3.63) is 42.0 Å². The fourth-order valence-electron chi connectivity index (χ4n) is 5.64. The lowest BCUT2D eigenvalue weighted by atomic mass is 9.49. The Kier molecular flexibility index (Phi) is 2.99. The molecule has 1 heteroatoms. The van der Waals surface area contributed by atoms with Crippen molar-refractivity contribution in [2.75, 3.05) is 6.54 Å². The Hall–Kier alpha value is -1.08. The normalized spacial score (nSPS) is 39.2. The molecule has 0 spiro atoms. The van der Waals surface area contributed by atoms with Crippen LogP contribution >= 0.6 is 0 Å². The van der Waals surface area contributed by atoms with Crippen molar-refractivity contribution in [3.63, 3.8) is 0 Å². The van der Waals surface area contributed by atoms with Crippen LogP contribution in [0.2, 0.25) is 0 Å². The van der Waals surface area contributed by atoms with Crippen LogP contribution < -0.4 is 5.73 Å². The van der Waals surface area contributed by atoms with Crippen molar-refractivity contribution in [1.29, 1.82) is 0 Å². The molecule has 0 aromatic heterocycles. The van der Waals surface area contributed by atoms with Gasteiger partial charge < -0.3 is 5.73 Å². The molecule has 0 radical (unpaired) electrons. The Labute approximate surface area is 122 Å². The predicted octanol–water partition coefficient (Wildman–Crippen LogP) is 4.25. The maximum Gasteiger partial charge on any atom is 0.0181 e. The van der Waals surface area contributed by atoms with Gasteiger partial charge in [-0.2, -0.15) is 0 Å². The molecule has 0 aliphatic heterocycles. The Bertz CT molecular complexity index is 479. The lowest BCUT2D eigenvalue weighted by Crippen LogP contribution is -2.45. The van der Waals surface area contributed by atoms with Crippen LogP contribution in [0.5, 0.6) is 0 Å². The molecular formula is C19H25N. The maximum absolute atomic E-state index is 6.07. The molecule has 0 heterocycles. The van der Waals surface area contributed by atoms with Crippen LogP contribution in [0.1, 0.15) is 44.1 Å². The number of allylic oxidation sites excluding steroid dienone is 1. The minimum absolute atomic E-state index is 0.485. The fraction of sp³-hybridized carbons (Fsp3) is 0.579. The molecule has 4 aliphatic carbocycles. The molecule has 5 rings (SSSR count). The number of hydrogen-bond donors (Lipinski definition) is 1. The molecule has 4 fully saturated rings. The summed E-state index contributed by atoms with van der Waals surface area (Å²) < 4.78 is 0. The Morgan fingerprint density at radius 1 is 1.00 bits per heavy atom. The molecule has 4 bridgehead atoms. The second kappa shape index (κ2) is 4.73. The fourth-order valence-corrected chi connectivity index (χ4v) is 5.64. The molecule has 1 aromatic carbocycles. The van der Waals surface area contributed by atoms with Gasteiger partial charge in [0.25, 0.3) is 0 Å². The number of rotatable bonds is 3. The minimum Gasteiger partial charge on any atom is -0.326 e. The van der Waals surface area contributed by atoms with Gasteiger partial charge in [-0.25, -0.2) is 0 Å². The SMILES string of the molecule is NC/C(=C\C12CC3CC(CC(C3)C1)C2)c1ccccc1. The summed E-state index contributed by atoms with van der Waals surface area (Å²) in [7, 11) is 0. The summed E-state index contributed by atoms with van der Waals surface area (Å²) in [6.45, 7) is 0.672. The van der Waals surface area contributed by atoms with E-state index in [1.165, 1.54) is 49.7 Å². The van der Waals surface area contributed by atoms with Crippen molar-refractivity contribution in [3.8, 4) is 0 Å². The first-order valence-corrected chi connectivity index (χ1v) is 8.23. The third-order valence-corrected chi connectivity index (χ3v) is 5.93. The number of hydrogen-bond acceptors (Lipinski definition) is 1. The van der Waals surface area contributed by atoms with Crippen molar-refractivity contribution in [2.24, 2.45) is 28.9 Å². The van der Waals surface area contributed by atoms with E-state index < -0.39 is 0 Å². The molecular weight excluding hydrogens is 242 g/mol. The molecule has 20 heavy (non-hydrogen) atoms. The van der Waals surface area contributed by atoms with E-state index in [4.69, 9.17) is 5.73 Å². The Balaban J connectivity index is 1.68. The van der Waals surface area contributed by atoms with Gasteiger partial charge in [-0.1, -0.05) is 36.4 Å².